The molecule has 0 fully saturated rings. The first kappa shape index (κ1) is 24.4. The quantitative estimate of drug-likeness (QED) is 0.254. The van der Waals surface area contributed by atoms with Gasteiger partial charge in [0.15, 0.2) is 0 Å². The van der Waals surface area contributed by atoms with E-state index in [9.17, 15) is 9.59 Å². The minimum atomic E-state index is -0.336. The highest BCUT2D eigenvalue weighted by Gasteiger charge is 2.17. The molecule has 0 spiro atoms. The lowest BCUT2D eigenvalue weighted by Crippen LogP contribution is -2.22. The summed E-state index contributed by atoms with van der Waals surface area (Å²) >= 11 is 12.1. The van der Waals surface area contributed by atoms with Crippen molar-refractivity contribution in [3.8, 4) is 17.1 Å². The van der Waals surface area contributed by atoms with Crippen LogP contribution in [0.5, 0.6) is 5.75 Å². The maximum atomic E-state index is 13.7. The van der Waals surface area contributed by atoms with Gasteiger partial charge in [-0.05, 0) is 72.3 Å². The molecule has 3 aromatic carbocycles. The second-order valence-corrected chi connectivity index (χ2v) is 8.91. The van der Waals surface area contributed by atoms with Crippen LogP contribution in [0.25, 0.3) is 22.4 Å². The van der Waals surface area contributed by atoms with E-state index in [1.165, 1.54) is 6.08 Å². The largest absolute Gasteiger partial charge is 0.489 e. The van der Waals surface area contributed by atoms with Crippen molar-refractivity contribution in [2.24, 2.45) is 0 Å². The van der Waals surface area contributed by atoms with Crippen LogP contribution in [-0.2, 0) is 11.4 Å². The number of nitrogens with zero attached hydrogens (tertiary/aromatic N) is 3. The third-order valence-electron chi connectivity index (χ3n) is 5.68. The van der Waals surface area contributed by atoms with Crippen LogP contribution < -0.4 is 15.7 Å². The summed E-state index contributed by atoms with van der Waals surface area (Å²) in [4.78, 5) is 29.6. The molecule has 7 nitrogen and oxygen atoms in total. The van der Waals surface area contributed by atoms with E-state index in [1.807, 2.05) is 18.2 Å². The van der Waals surface area contributed by atoms with Crippen LogP contribution in [0.3, 0.4) is 0 Å². The number of aromatic nitrogens is 3. The average Bonchev–Trinajstić information content (AvgIpc) is 3.21. The zero-order valence-electron chi connectivity index (χ0n) is 19.4. The Bertz CT molecular complexity index is 1690. The number of fused-ring (bicyclic) bond motifs is 1. The van der Waals surface area contributed by atoms with Gasteiger partial charge >= 0.3 is 5.69 Å². The highest BCUT2D eigenvalue weighted by atomic mass is 35.5. The second kappa shape index (κ2) is 10.3. The van der Waals surface area contributed by atoms with Gasteiger partial charge in [-0.25, -0.2) is 4.79 Å². The number of anilines is 1. The molecule has 37 heavy (non-hydrogen) atoms. The van der Waals surface area contributed by atoms with E-state index in [4.69, 9.17) is 27.9 Å². The van der Waals surface area contributed by atoms with Crippen LogP contribution in [0.15, 0.2) is 103 Å². The zero-order valence-corrected chi connectivity index (χ0v) is 20.9. The van der Waals surface area contributed by atoms with Gasteiger partial charge in [-0.1, -0.05) is 41.9 Å². The third kappa shape index (κ3) is 5.00. The van der Waals surface area contributed by atoms with Crippen LogP contribution in [0, 0.1) is 0 Å². The normalized spacial score (nSPS) is 10.9. The van der Waals surface area contributed by atoms with E-state index in [0.717, 1.165) is 5.56 Å². The van der Waals surface area contributed by atoms with Crippen LogP contribution in [0.1, 0.15) is 5.56 Å². The van der Waals surface area contributed by atoms with Crippen molar-refractivity contribution in [2.75, 3.05) is 5.32 Å². The topological polar surface area (TPSA) is 78.2 Å². The van der Waals surface area contributed by atoms with E-state index < -0.39 is 0 Å². The molecule has 5 aromatic rings. The number of amides is 1. The van der Waals surface area contributed by atoms with Crippen molar-refractivity contribution >= 4 is 45.8 Å². The number of benzene rings is 3. The summed E-state index contributed by atoms with van der Waals surface area (Å²) in [7, 11) is 0. The molecule has 1 amide bonds. The standard InChI is InChI=1S/C28H20Cl2N4O3/c1-2-27(35)32-19-4-3-5-21(15-19)34-25-12-13-31-16-26(25)33(28(34)36)20-7-9-22(10-8-20)37-17-18-6-11-23(29)24(30)14-18/h2-16H,1,17H2,(H,32,35). The highest BCUT2D eigenvalue weighted by Crippen LogP contribution is 2.25. The summed E-state index contributed by atoms with van der Waals surface area (Å²) < 4.78 is 9.04. The van der Waals surface area contributed by atoms with Crippen LogP contribution in [-0.4, -0.2) is 20.0 Å². The summed E-state index contributed by atoms with van der Waals surface area (Å²) in [5.74, 6) is 0.299. The van der Waals surface area contributed by atoms with Gasteiger partial charge in [0.05, 0.1) is 38.7 Å². The average molecular weight is 531 g/mol. The molecular weight excluding hydrogens is 511 g/mol. The lowest BCUT2D eigenvalue weighted by molar-refractivity contribution is -0.111. The number of pyridine rings is 1. The number of hydrogen-bond acceptors (Lipinski definition) is 4. The van der Waals surface area contributed by atoms with E-state index in [-0.39, 0.29) is 11.6 Å². The molecule has 0 saturated heterocycles. The zero-order chi connectivity index (χ0) is 25.9. The molecule has 0 aliphatic carbocycles. The Labute approximate surface area is 222 Å². The molecule has 0 unspecified atom stereocenters. The van der Waals surface area contributed by atoms with Crippen molar-refractivity contribution in [1.82, 2.24) is 14.1 Å². The smallest absolute Gasteiger partial charge is 0.338 e. The molecule has 2 aromatic heterocycles. The number of carbonyl (C=O) groups excluding carboxylic acids is 1. The molecule has 0 aliphatic heterocycles. The van der Waals surface area contributed by atoms with Crippen LogP contribution >= 0.6 is 23.2 Å². The lowest BCUT2D eigenvalue weighted by atomic mass is 10.2. The first-order chi connectivity index (χ1) is 17.9. The van der Waals surface area contributed by atoms with Crippen molar-refractivity contribution < 1.29 is 9.53 Å². The Morgan fingerprint density at radius 2 is 1.73 bits per heavy atom. The summed E-state index contributed by atoms with van der Waals surface area (Å²) in [6, 6.07) is 21.4. The maximum Gasteiger partial charge on any atom is 0.338 e. The molecule has 0 saturated carbocycles. The monoisotopic (exact) mass is 530 g/mol. The molecule has 0 radical (unpaired) electrons. The van der Waals surface area contributed by atoms with E-state index >= 15 is 0 Å². The fourth-order valence-electron chi connectivity index (χ4n) is 3.95. The predicted octanol–water partition coefficient (Wildman–Crippen LogP) is 6.19. The fourth-order valence-corrected chi connectivity index (χ4v) is 4.27. The van der Waals surface area contributed by atoms with E-state index in [2.05, 4.69) is 16.9 Å². The highest BCUT2D eigenvalue weighted by molar-refractivity contribution is 6.42. The number of ether oxygens (including phenoxy) is 1. The molecule has 5 rings (SSSR count). The van der Waals surface area contributed by atoms with Crippen LogP contribution in [0.4, 0.5) is 5.69 Å². The molecule has 184 valence electrons. The molecule has 2 heterocycles. The van der Waals surface area contributed by atoms with Gasteiger partial charge in [-0.3, -0.25) is 18.9 Å². The number of imidazole rings is 1. The number of hydrogen-bond donors (Lipinski definition) is 1. The first-order valence-corrected chi connectivity index (χ1v) is 12.0. The fraction of sp³-hybridized carbons (Fsp3) is 0.0357. The van der Waals surface area contributed by atoms with Gasteiger partial charge in [-0.15, -0.1) is 0 Å². The van der Waals surface area contributed by atoms with Gasteiger partial charge in [-0.2, -0.15) is 0 Å². The summed E-state index contributed by atoms with van der Waals surface area (Å²) in [6.45, 7) is 3.79. The predicted molar refractivity (Wildman–Crippen MR) is 146 cm³/mol. The minimum Gasteiger partial charge on any atom is -0.489 e. The molecule has 1 N–H and O–H groups in total. The number of rotatable bonds is 7. The first-order valence-electron chi connectivity index (χ1n) is 11.2. The summed E-state index contributed by atoms with van der Waals surface area (Å²) in [5, 5.41) is 3.68. The molecule has 9 heteroatoms. The Hall–Kier alpha value is -4.33. The Morgan fingerprint density at radius 3 is 2.49 bits per heavy atom. The van der Waals surface area contributed by atoms with Crippen molar-refractivity contribution in [2.45, 2.75) is 6.61 Å². The number of carbonyl (C=O) groups is 1. The van der Waals surface area contributed by atoms with Crippen LogP contribution in [0.2, 0.25) is 10.0 Å². The summed E-state index contributed by atoms with van der Waals surface area (Å²) in [6.07, 6.45) is 4.46. The third-order valence-corrected chi connectivity index (χ3v) is 6.42. The number of halogens is 2. The Kier molecular flexibility index (Phi) is 6.81. The van der Waals surface area contributed by atoms with Crippen molar-refractivity contribution in [3.05, 3.63) is 124 Å². The van der Waals surface area contributed by atoms with Gasteiger partial charge in [0.25, 0.3) is 0 Å². The lowest BCUT2D eigenvalue weighted by Gasteiger charge is -2.09. The van der Waals surface area contributed by atoms with E-state index in [0.29, 0.717) is 50.5 Å². The minimum absolute atomic E-state index is 0.278. The van der Waals surface area contributed by atoms with Gasteiger partial charge < -0.3 is 10.1 Å². The van der Waals surface area contributed by atoms with Crippen molar-refractivity contribution in [3.63, 3.8) is 0 Å². The van der Waals surface area contributed by atoms with Gasteiger partial charge in [0, 0.05) is 11.9 Å². The molecule has 0 bridgehead atoms. The van der Waals surface area contributed by atoms with Gasteiger partial charge in [0.1, 0.15) is 12.4 Å². The second-order valence-electron chi connectivity index (χ2n) is 8.09. The van der Waals surface area contributed by atoms with E-state index in [1.54, 1.807) is 76.1 Å². The SMILES string of the molecule is C=CC(=O)Nc1cccc(-n2c(=O)n(-c3ccc(OCc4ccc(Cl)c(Cl)c4)cc3)c3cnccc32)c1. The summed E-state index contributed by atoms with van der Waals surface area (Å²) in [5.41, 5.74) is 3.72. The molecule has 0 aliphatic rings. The number of nitrogens with one attached hydrogen (secondary N) is 1. The van der Waals surface area contributed by atoms with Crippen molar-refractivity contribution in [1.29, 1.82) is 0 Å². The Morgan fingerprint density at radius 1 is 0.946 bits per heavy atom. The maximum absolute atomic E-state index is 13.7. The van der Waals surface area contributed by atoms with Gasteiger partial charge in [0.2, 0.25) is 5.91 Å². The Balaban J connectivity index is 1.48. The molecular formula is C28H20Cl2N4O3. The molecule has 0 atom stereocenters.